The smallest absolute Gasteiger partial charge is 0.330 e. The maximum Gasteiger partial charge on any atom is 0.330 e. The number of nitrogens with zero attached hydrogens (tertiary/aromatic N) is 1. The Labute approximate surface area is 128 Å². The van der Waals surface area contributed by atoms with Crippen LogP contribution in [0.2, 0.25) is 0 Å². The Balaban J connectivity index is 2.49. The van der Waals surface area contributed by atoms with Crippen molar-refractivity contribution in [3.63, 3.8) is 0 Å². The van der Waals surface area contributed by atoms with E-state index >= 15 is 0 Å². The van der Waals surface area contributed by atoms with Gasteiger partial charge in [-0.3, -0.25) is 9.78 Å². The molecule has 0 fully saturated rings. The van der Waals surface area contributed by atoms with E-state index in [-0.39, 0.29) is 25.5 Å². The minimum absolute atomic E-state index is 0.0702. The van der Waals surface area contributed by atoms with Gasteiger partial charge in [0.05, 0.1) is 26.5 Å². The summed E-state index contributed by atoms with van der Waals surface area (Å²) in [6, 6.07) is 0.367. The van der Waals surface area contributed by atoms with Crippen LogP contribution in [0.3, 0.4) is 0 Å². The second-order valence-electron chi connectivity index (χ2n) is 4.50. The first kappa shape index (κ1) is 17.8. The normalized spacial score (nSPS) is 11.5. The second-order valence-corrected chi connectivity index (χ2v) is 4.50. The lowest BCUT2D eigenvalue weighted by Crippen LogP contribution is -2.44. The van der Waals surface area contributed by atoms with E-state index in [0.717, 1.165) is 6.20 Å². The standard InChI is InChI=1S/C15H19FN2O4/c1-3-4-5-14(19)18-13(15(20)21-2)10-22-9-11-6-12(16)8-17-7-11/h3,6-8,13H,1,4-5,9-10H2,2H3,(H,18,19)/t13-/m0/s1. The fourth-order valence-corrected chi connectivity index (χ4v) is 1.64. The molecule has 0 spiro atoms. The lowest BCUT2D eigenvalue weighted by Gasteiger charge is -2.16. The monoisotopic (exact) mass is 310 g/mol. The maximum atomic E-state index is 13.0. The van der Waals surface area contributed by atoms with Crippen molar-refractivity contribution in [3.8, 4) is 0 Å². The zero-order chi connectivity index (χ0) is 16.4. The summed E-state index contributed by atoms with van der Waals surface area (Å²) in [4.78, 5) is 26.9. The number of rotatable bonds is 9. The van der Waals surface area contributed by atoms with E-state index in [4.69, 9.17) is 4.74 Å². The quantitative estimate of drug-likeness (QED) is 0.550. The van der Waals surface area contributed by atoms with Crippen LogP contribution in [0.15, 0.2) is 31.1 Å². The third kappa shape index (κ3) is 6.45. The molecule has 1 aromatic rings. The number of amides is 1. The number of carbonyl (C=O) groups excluding carboxylic acids is 2. The van der Waals surface area contributed by atoms with Gasteiger partial charge in [-0.2, -0.15) is 0 Å². The molecule has 22 heavy (non-hydrogen) atoms. The predicted octanol–water partition coefficient (Wildman–Crippen LogP) is 1.36. The summed E-state index contributed by atoms with van der Waals surface area (Å²) in [6.45, 7) is 3.51. The number of aromatic nitrogens is 1. The van der Waals surface area contributed by atoms with Crippen molar-refractivity contribution < 1.29 is 23.5 Å². The predicted molar refractivity (Wildman–Crippen MR) is 77.2 cm³/mol. The lowest BCUT2D eigenvalue weighted by atomic mass is 10.2. The first-order valence-corrected chi connectivity index (χ1v) is 6.72. The van der Waals surface area contributed by atoms with Crippen LogP contribution < -0.4 is 5.32 Å². The van der Waals surface area contributed by atoms with E-state index in [2.05, 4.69) is 21.6 Å². The number of methoxy groups -OCH3 is 1. The average molecular weight is 310 g/mol. The van der Waals surface area contributed by atoms with Gasteiger partial charge in [0.1, 0.15) is 5.82 Å². The zero-order valence-corrected chi connectivity index (χ0v) is 12.4. The van der Waals surface area contributed by atoms with Crippen LogP contribution in [0.25, 0.3) is 0 Å². The van der Waals surface area contributed by atoms with Crippen LogP contribution in [0.4, 0.5) is 4.39 Å². The summed E-state index contributed by atoms with van der Waals surface area (Å²) in [7, 11) is 1.22. The van der Waals surface area contributed by atoms with E-state index in [1.807, 2.05) is 0 Å². The largest absolute Gasteiger partial charge is 0.467 e. The van der Waals surface area contributed by atoms with Gasteiger partial charge in [0.25, 0.3) is 0 Å². The van der Waals surface area contributed by atoms with Gasteiger partial charge in [0.2, 0.25) is 5.91 Å². The van der Waals surface area contributed by atoms with Gasteiger partial charge in [-0.25, -0.2) is 9.18 Å². The first-order chi connectivity index (χ1) is 10.6. The molecule has 1 amide bonds. The number of hydrogen-bond acceptors (Lipinski definition) is 5. The van der Waals surface area contributed by atoms with Gasteiger partial charge in [-0.15, -0.1) is 6.58 Å². The van der Waals surface area contributed by atoms with Crippen LogP contribution in [0.5, 0.6) is 0 Å². The van der Waals surface area contributed by atoms with Crippen molar-refractivity contribution in [2.24, 2.45) is 0 Å². The molecule has 1 atom stereocenters. The van der Waals surface area contributed by atoms with E-state index in [0.29, 0.717) is 12.0 Å². The molecule has 0 bridgehead atoms. The van der Waals surface area contributed by atoms with Crippen LogP contribution in [-0.2, 0) is 25.7 Å². The molecule has 7 heteroatoms. The summed E-state index contributed by atoms with van der Waals surface area (Å²) >= 11 is 0. The Hall–Kier alpha value is -2.28. The molecule has 1 N–H and O–H groups in total. The molecule has 0 saturated carbocycles. The molecule has 1 rings (SSSR count). The van der Waals surface area contributed by atoms with Crippen molar-refractivity contribution >= 4 is 11.9 Å². The SMILES string of the molecule is C=CCCC(=O)N[C@@H](COCc1cncc(F)c1)C(=O)OC. The topological polar surface area (TPSA) is 77.5 Å². The number of ether oxygens (including phenoxy) is 2. The second kappa shape index (κ2) is 9.62. The highest BCUT2D eigenvalue weighted by Crippen LogP contribution is 2.03. The summed E-state index contributed by atoms with van der Waals surface area (Å²) in [6.07, 6.45) is 4.89. The fourth-order valence-electron chi connectivity index (χ4n) is 1.64. The molecule has 0 unspecified atom stereocenters. The highest BCUT2D eigenvalue weighted by molar-refractivity contribution is 5.84. The highest BCUT2D eigenvalue weighted by atomic mass is 19.1. The molecule has 120 valence electrons. The number of pyridine rings is 1. The molecule has 6 nitrogen and oxygen atoms in total. The van der Waals surface area contributed by atoms with Gasteiger partial charge < -0.3 is 14.8 Å². The van der Waals surface area contributed by atoms with Crippen LogP contribution in [0, 0.1) is 5.82 Å². The Kier molecular flexibility index (Phi) is 7.77. The molecule has 0 saturated heterocycles. The Morgan fingerprint density at radius 3 is 2.91 bits per heavy atom. The number of nitrogens with one attached hydrogen (secondary N) is 1. The minimum atomic E-state index is -0.913. The van der Waals surface area contributed by atoms with Crippen molar-refractivity contribution in [2.45, 2.75) is 25.5 Å². The van der Waals surface area contributed by atoms with Gasteiger partial charge in [-0.05, 0) is 18.1 Å². The van der Waals surface area contributed by atoms with E-state index in [1.165, 1.54) is 19.4 Å². The van der Waals surface area contributed by atoms with E-state index in [1.54, 1.807) is 6.08 Å². The van der Waals surface area contributed by atoms with E-state index < -0.39 is 17.8 Å². The number of halogens is 1. The van der Waals surface area contributed by atoms with Crippen molar-refractivity contribution in [1.82, 2.24) is 10.3 Å². The van der Waals surface area contributed by atoms with Crippen molar-refractivity contribution in [1.29, 1.82) is 0 Å². The van der Waals surface area contributed by atoms with E-state index in [9.17, 15) is 14.0 Å². The molecule has 0 aliphatic heterocycles. The minimum Gasteiger partial charge on any atom is -0.467 e. The summed E-state index contributed by atoms with van der Waals surface area (Å²) < 4.78 is 22.9. The summed E-state index contributed by atoms with van der Waals surface area (Å²) in [5.41, 5.74) is 0.529. The fraction of sp³-hybridized carbons (Fsp3) is 0.400. The third-order valence-corrected chi connectivity index (χ3v) is 2.71. The molecule has 0 aliphatic carbocycles. The molecule has 0 aliphatic rings. The van der Waals surface area contributed by atoms with Crippen molar-refractivity contribution in [2.75, 3.05) is 13.7 Å². The Morgan fingerprint density at radius 2 is 2.27 bits per heavy atom. The van der Waals surface area contributed by atoms with Gasteiger partial charge >= 0.3 is 5.97 Å². The summed E-state index contributed by atoms with van der Waals surface area (Å²) in [5, 5.41) is 2.52. The molecule has 1 heterocycles. The Bertz CT molecular complexity index is 522. The zero-order valence-electron chi connectivity index (χ0n) is 12.4. The van der Waals surface area contributed by atoms with Gasteiger partial charge in [0.15, 0.2) is 6.04 Å². The van der Waals surface area contributed by atoms with Crippen LogP contribution in [0.1, 0.15) is 18.4 Å². The number of carbonyl (C=O) groups is 2. The average Bonchev–Trinajstić information content (AvgIpc) is 2.51. The molecular weight excluding hydrogens is 291 g/mol. The van der Waals surface area contributed by atoms with Crippen molar-refractivity contribution in [3.05, 3.63) is 42.5 Å². The molecule has 0 aromatic carbocycles. The molecular formula is C15H19FN2O4. The van der Waals surface area contributed by atoms with Gasteiger partial charge in [0, 0.05) is 12.6 Å². The summed E-state index contributed by atoms with van der Waals surface area (Å²) in [5.74, 6) is -1.38. The first-order valence-electron chi connectivity index (χ1n) is 6.72. The van der Waals surface area contributed by atoms with Crippen LogP contribution in [-0.4, -0.2) is 36.6 Å². The lowest BCUT2D eigenvalue weighted by molar-refractivity contribution is -0.147. The number of hydrogen-bond donors (Lipinski definition) is 1. The van der Waals surface area contributed by atoms with Gasteiger partial charge in [-0.1, -0.05) is 6.08 Å². The third-order valence-electron chi connectivity index (χ3n) is 2.71. The molecule has 0 radical (unpaired) electrons. The number of allylic oxidation sites excluding steroid dienone is 1. The van der Waals surface area contributed by atoms with Crippen LogP contribution >= 0.6 is 0 Å². The molecule has 1 aromatic heterocycles. The number of esters is 1. The maximum absolute atomic E-state index is 13.0. The highest BCUT2D eigenvalue weighted by Gasteiger charge is 2.21. The Morgan fingerprint density at radius 1 is 1.50 bits per heavy atom.